The number of likely N-dealkylation sites (N-methyl/N-ethyl adjacent to an activating group) is 1. The minimum absolute atomic E-state index is 0.0466. The van der Waals surface area contributed by atoms with Crippen molar-refractivity contribution in [3.05, 3.63) is 16.4 Å². The van der Waals surface area contributed by atoms with Gasteiger partial charge in [0, 0.05) is 20.3 Å². The van der Waals surface area contributed by atoms with Gasteiger partial charge in [0.15, 0.2) is 0 Å². The SMILES string of the molecule is CC(C)c1nn(C(C)C(=O)N(C)C)cc1Br. The van der Waals surface area contributed by atoms with E-state index in [1.807, 2.05) is 13.1 Å². The zero-order chi connectivity index (χ0) is 12.5. The van der Waals surface area contributed by atoms with Gasteiger partial charge in [-0.2, -0.15) is 5.10 Å². The molecule has 0 aliphatic rings. The summed E-state index contributed by atoms with van der Waals surface area (Å²) in [4.78, 5) is 13.4. The maximum atomic E-state index is 11.8. The Morgan fingerprint density at radius 3 is 2.38 bits per heavy atom. The van der Waals surface area contributed by atoms with E-state index in [-0.39, 0.29) is 11.9 Å². The van der Waals surface area contributed by atoms with Crippen LogP contribution < -0.4 is 0 Å². The Morgan fingerprint density at radius 1 is 1.44 bits per heavy atom. The first-order valence-electron chi connectivity index (χ1n) is 5.30. The van der Waals surface area contributed by atoms with Gasteiger partial charge in [-0.15, -0.1) is 0 Å². The highest BCUT2D eigenvalue weighted by atomic mass is 79.9. The van der Waals surface area contributed by atoms with E-state index in [1.54, 1.807) is 23.7 Å². The van der Waals surface area contributed by atoms with Crippen molar-refractivity contribution < 1.29 is 4.79 Å². The van der Waals surface area contributed by atoms with Gasteiger partial charge < -0.3 is 4.90 Å². The van der Waals surface area contributed by atoms with Crippen molar-refractivity contribution >= 4 is 21.8 Å². The molecule has 1 aromatic heterocycles. The predicted octanol–water partition coefficient (Wildman–Crippen LogP) is 2.42. The van der Waals surface area contributed by atoms with Crippen molar-refractivity contribution in [2.75, 3.05) is 14.1 Å². The van der Waals surface area contributed by atoms with Gasteiger partial charge >= 0.3 is 0 Å². The second-order valence-electron chi connectivity index (χ2n) is 4.41. The molecule has 1 heterocycles. The van der Waals surface area contributed by atoms with E-state index in [9.17, 15) is 4.79 Å². The van der Waals surface area contributed by atoms with Crippen molar-refractivity contribution in [3.8, 4) is 0 Å². The number of hydrogen-bond acceptors (Lipinski definition) is 2. The normalized spacial score (nSPS) is 12.9. The molecule has 0 bridgehead atoms. The molecule has 1 aromatic rings. The third-order valence-corrected chi connectivity index (χ3v) is 3.07. The fraction of sp³-hybridized carbons (Fsp3) is 0.636. The molecule has 1 amide bonds. The fourth-order valence-corrected chi connectivity index (χ4v) is 2.21. The molecule has 5 heteroatoms. The Balaban J connectivity index is 2.97. The first kappa shape index (κ1) is 13.2. The van der Waals surface area contributed by atoms with Crippen LogP contribution in [0.1, 0.15) is 38.4 Å². The quantitative estimate of drug-likeness (QED) is 0.856. The summed E-state index contributed by atoms with van der Waals surface area (Å²) in [5.41, 5.74) is 0.985. The van der Waals surface area contributed by atoms with Crippen molar-refractivity contribution in [1.29, 1.82) is 0 Å². The number of aromatic nitrogens is 2. The van der Waals surface area contributed by atoms with Crippen molar-refractivity contribution in [2.24, 2.45) is 0 Å². The lowest BCUT2D eigenvalue weighted by Crippen LogP contribution is -2.30. The number of halogens is 1. The Hall–Kier alpha value is -0.840. The third-order valence-electron chi connectivity index (χ3n) is 2.46. The van der Waals surface area contributed by atoms with E-state index >= 15 is 0 Å². The maximum Gasteiger partial charge on any atom is 0.246 e. The fourth-order valence-electron chi connectivity index (χ4n) is 1.46. The minimum Gasteiger partial charge on any atom is -0.347 e. The van der Waals surface area contributed by atoms with E-state index < -0.39 is 0 Å². The second-order valence-corrected chi connectivity index (χ2v) is 5.26. The highest BCUT2D eigenvalue weighted by molar-refractivity contribution is 9.10. The van der Waals surface area contributed by atoms with Gasteiger partial charge in [-0.05, 0) is 28.8 Å². The lowest BCUT2D eigenvalue weighted by atomic mass is 10.1. The van der Waals surface area contributed by atoms with Gasteiger partial charge in [0.05, 0.1) is 10.2 Å². The summed E-state index contributed by atoms with van der Waals surface area (Å²) in [5.74, 6) is 0.391. The van der Waals surface area contributed by atoms with Crippen LogP contribution in [0, 0.1) is 0 Å². The van der Waals surface area contributed by atoms with Gasteiger partial charge in [-0.25, -0.2) is 0 Å². The monoisotopic (exact) mass is 287 g/mol. The average Bonchev–Trinajstić information content (AvgIpc) is 2.58. The van der Waals surface area contributed by atoms with Gasteiger partial charge in [0.1, 0.15) is 6.04 Å². The highest BCUT2D eigenvalue weighted by Crippen LogP contribution is 2.24. The van der Waals surface area contributed by atoms with E-state index in [1.165, 1.54) is 0 Å². The molecule has 1 unspecified atom stereocenters. The van der Waals surface area contributed by atoms with Crippen LogP contribution >= 0.6 is 15.9 Å². The van der Waals surface area contributed by atoms with Crippen LogP contribution in [0.4, 0.5) is 0 Å². The van der Waals surface area contributed by atoms with Crippen LogP contribution in [0.15, 0.2) is 10.7 Å². The van der Waals surface area contributed by atoms with Crippen molar-refractivity contribution in [2.45, 2.75) is 32.7 Å². The molecule has 0 radical (unpaired) electrons. The third kappa shape index (κ3) is 2.64. The van der Waals surface area contributed by atoms with E-state index in [0.717, 1.165) is 10.2 Å². The lowest BCUT2D eigenvalue weighted by molar-refractivity contribution is -0.131. The molecule has 0 aromatic carbocycles. The standard InChI is InChI=1S/C11H18BrN3O/c1-7(2)10-9(12)6-15(13-10)8(3)11(16)14(4)5/h6-8H,1-5H3. The average molecular weight is 288 g/mol. The van der Waals surface area contributed by atoms with Gasteiger partial charge in [0.2, 0.25) is 5.91 Å². The largest absolute Gasteiger partial charge is 0.347 e. The van der Waals surface area contributed by atoms with E-state index in [2.05, 4.69) is 34.9 Å². The summed E-state index contributed by atoms with van der Waals surface area (Å²) >= 11 is 3.46. The molecule has 1 atom stereocenters. The Bertz CT molecular complexity index is 385. The van der Waals surface area contributed by atoms with Crippen molar-refractivity contribution in [1.82, 2.24) is 14.7 Å². The smallest absolute Gasteiger partial charge is 0.246 e. The van der Waals surface area contributed by atoms with Crippen LogP contribution in [-0.4, -0.2) is 34.7 Å². The highest BCUT2D eigenvalue weighted by Gasteiger charge is 2.20. The molecule has 0 fully saturated rings. The molecule has 90 valence electrons. The molecule has 0 spiro atoms. The number of carbonyl (C=O) groups is 1. The summed E-state index contributed by atoms with van der Waals surface area (Å²) in [6.07, 6.45) is 1.86. The van der Waals surface area contributed by atoms with E-state index in [0.29, 0.717) is 5.92 Å². The van der Waals surface area contributed by atoms with Gasteiger partial charge in [-0.3, -0.25) is 9.48 Å². The van der Waals surface area contributed by atoms with Crippen LogP contribution in [0.3, 0.4) is 0 Å². The second kappa shape index (κ2) is 4.99. The van der Waals surface area contributed by atoms with Crippen LogP contribution in [0.2, 0.25) is 0 Å². The molecule has 0 saturated heterocycles. The molecule has 0 aliphatic heterocycles. The Labute approximate surface area is 105 Å². The van der Waals surface area contributed by atoms with Crippen molar-refractivity contribution in [3.63, 3.8) is 0 Å². The summed E-state index contributed by atoms with van der Waals surface area (Å²) in [6.45, 7) is 6.01. The maximum absolute atomic E-state index is 11.8. The van der Waals surface area contributed by atoms with Gasteiger partial charge in [-0.1, -0.05) is 13.8 Å². The molecule has 0 N–H and O–H groups in total. The summed E-state index contributed by atoms with van der Waals surface area (Å²) in [5, 5.41) is 4.43. The lowest BCUT2D eigenvalue weighted by Gasteiger charge is -2.16. The number of rotatable bonds is 3. The molecule has 16 heavy (non-hydrogen) atoms. The summed E-state index contributed by atoms with van der Waals surface area (Å²) in [6, 6.07) is -0.265. The molecule has 4 nitrogen and oxygen atoms in total. The molecule has 1 rings (SSSR count). The molecular weight excluding hydrogens is 270 g/mol. The zero-order valence-corrected chi connectivity index (χ0v) is 11.9. The van der Waals surface area contributed by atoms with Crippen LogP contribution in [0.25, 0.3) is 0 Å². The summed E-state index contributed by atoms with van der Waals surface area (Å²) in [7, 11) is 3.50. The zero-order valence-electron chi connectivity index (χ0n) is 10.4. The van der Waals surface area contributed by atoms with Crippen LogP contribution in [0.5, 0.6) is 0 Å². The van der Waals surface area contributed by atoms with Crippen LogP contribution in [-0.2, 0) is 4.79 Å². The molecule has 0 aliphatic carbocycles. The first-order chi connectivity index (χ1) is 7.34. The van der Waals surface area contributed by atoms with Gasteiger partial charge in [0.25, 0.3) is 0 Å². The molecule has 0 saturated carbocycles. The number of nitrogens with zero attached hydrogens (tertiary/aromatic N) is 3. The number of amides is 1. The number of carbonyl (C=O) groups excluding carboxylic acids is 1. The summed E-state index contributed by atoms with van der Waals surface area (Å²) < 4.78 is 2.67. The first-order valence-corrected chi connectivity index (χ1v) is 6.09. The Morgan fingerprint density at radius 2 is 2.00 bits per heavy atom. The molecular formula is C11H18BrN3O. The van der Waals surface area contributed by atoms with E-state index in [4.69, 9.17) is 0 Å². The topological polar surface area (TPSA) is 38.1 Å². The minimum atomic E-state index is -0.265. The predicted molar refractivity (Wildman–Crippen MR) is 67.4 cm³/mol. The Kier molecular flexibility index (Phi) is 4.13. The number of hydrogen-bond donors (Lipinski definition) is 0.